The Morgan fingerprint density at radius 2 is 2.26 bits per heavy atom. The molecule has 0 aliphatic carbocycles. The van der Waals surface area contributed by atoms with E-state index in [1.807, 2.05) is 33.6 Å². The molecule has 0 fully saturated rings. The van der Waals surface area contributed by atoms with Crippen LogP contribution >= 0.6 is 18.5 Å². The molecule has 5 aromatic heterocycles. The lowest BCUT2D eigenvalue weighted by molar-refractivity contribution is 0.0652. The first-order valence-corrected chi connectivity index (χ1v) is 12.1. The Morgan fingerprint density at radius 1 is 1.40 bits per heavy atom. The molecule has 6 rings (SSSR count). The maximum Gasteiger partial charge on any atom is 0.292 e. The number of nitrogens with zero attached hydrogens (tertiary/aromatic N) is 7. The van der Waals surface area contributed by atoms with Crippen molar-refractivity contribution >= 4 is 35.2 Å². The predicted octanol–water partition coefficient (Wildman–Crippen LogP) is 2.58. The monoisotopic (exact) mass is 510 g/mol. The molecule has 3 unspecified atom stereocenters. The van der Waals surface area contributed by atoms with Gasteiger partial charge in [-0.1, -0.05) is 15.3 Å². The topological polar surface area (TPSA) is 110 Å². The number of imidazole rings is 2. The summed E-state index contributed by atoms with van der Waals surface area (Å²) in [5.74, 6) is -2.09. The molecule has 0 saturated carbocycles. The van der Waals surface area contributed by atoms with E-state index < -0.39 is 17.9 Å². The van der Waals surface area contributed by atoms with E-state index in [9.17, 15) is 9.18 Å². The average Bonchev–Trinajstić information content (AvgIpc) is 3.62. The third kappa shape index (κ3) is 3.58. The maximum atomic E-state index is 14.6. The van der Waals surface area contributed by atoms with Gasteiger partial charge in [-0.3, -0.25) is 4.79 Å². The van der Waals surface area contributed by atoms with Gasteiger partial charge in [0.1, 0.15) is 17.4 Å². The van der Waals surface area contributed by atoms with Crippen molar-refractivity contribution in [3.8, 4) is 11.6 Å². The van der Waals surface area contributed by atoms with Crippen molar-refractivity contribution in [1.29, 1.82) is 0 Å². The molecule has 0 spiro atoms. The quantitative estimate of drug-likeness (QED) is 0.372. The zero-order valence-corrected chi connectivity index (χ0v) is 20.9. The van der Waals surface area contributed by atoms with Gasteiger partial charge in [-0.2, -0.15) is 5.10 Å². The Bertz CT molecular complexity index is 1570. The van der Waals surface area contributed by atoms with Gasteiger partial charge >= 0.3 is 0 Å². The number of rotatable bonds is 4. The van der Waals surface area contributed by atoms with Crippen LogP contribution in [0, 0.1) is 0 Å². The van der Waals surface area contributed by atoms with E-state index in [2.05, 4.69) is 29.2 Å². The number of fused-ring (bicyclic) bond motifs is 2. The minimum absolute atomic E-state index is 0.0787. The normalized spacial score (nSPS) is 16.6. The fourth-order valence-corrected chi connectivity index (χ4v) is 5.01. The molecule has 35 heavy (non-hydrogen) atoms. The second-order valence-corrected chi connectivity index (χ2v) is 9.51. The predicted molar refractivity (Wildman–Crippen MR) is 132 cm³/mol. The van der Waals surface area contributed by atoms with Crippen LogP contribution in [-0.4, -0.2) is 51.5 Å². The van der Waals surface area contributed by atoms with Crippen molar-refractivity contribution in [2.45, 2.75) is 18.4 Å². The molecule has 1 N–H and O–H groups in total. The van der Waals surface area contributed by atoms with Crippen LogP contribution in [-0.2, 0) is 13.5 Å². The molecular weight excluding hydrogens is 489 g/mol. The molecule has 0 radical (unpaired) electrons. The van der Waals surface area contributed by atoms with Gasteiger partial charge in [-0.15, -0.1) is 9.24 Å². The zero-order chi connectivity index (χ0) is 24.3. The highest BCUT2D eigenvalue weighted by Gasteiger charge is 2.39. The SMILES string of the molecule is Cn1cncc1-c1nc(C(F)P)c(C(=O)N2CCc3[nH]cnc3[C@H]2c2cc3c(P)cccn3n2)o1. The fraction of sp³-hybridized carbons (Fsp3) is 0.227. The third-order valence-corrected chi connectivity index (χ3v) is 6.97. The van der Waals surface area contributed by atoms with Crippen LogP contribution in [0.25, 0.3) is 17.1 Å². The lowest BCUT2D eigenvalue weighted by atomic mass is 9.99. The summed E-state index contributed by atoms with van der Waals surface area (Å²) >= 11 is 0. The largest absolute Gasteiger partial charge is 0.429 e. The standard InChI is InChI=1S/C22H21FN8O2P2/c1-29-10-24-8-14(29)21-27-17(20(23)35)19(33-21)22(32)30-6-4-11-16(26-9-25-11)18(30)12-7-13-15(34)3-2-5-31(13)28-12/h2-3,5,7-10,18,20H,4,6,34-35H2,1H3,(H,25,26)/t18-,20?/m1/s1. The molecular formula is C22H21FN8O2P2. The Labute approximate surface area is 203 Å². The number of halogens is 1. The van der Waals surface area contributed by atoms with Gasteiger partial charge in [0.2, 0.25) is 11.7 Å². The van der Waals surface area contributed by atoms with E-state index in [4.69, 9.17) is 9.52 Å². The first-order valence-electron chi connectivity index (χ1n) is 10.9. The fourth-order valence-electron chi connectivity index (χ4n) is 4.46. The van der Waals surface area contributed by atoms with Crippen molar-refractivity contribution in [1.82, 2.24) is 39.0 Å². The molecule has 1 amide bonds. The van der Waals surface area contributed by atoms with E-state index in [-0.39, 0.29) is 17.3 Å². The molecule has 0 aromatic carbocycles. The summed E-state index contributed by atoms with van der Waals surface area (Å²) < 4.78 is 23.9. The van der Waals surface area contributed by atoms with Crippen molar-refractivity contribution in [3.63, 3.8) is 0 Å². The second kappa shape index (κ2) is 8.36. The Kier molecular flexibility index (Phi) is 5.27. The highest BCUT2D eigenvalue weighted by molar-refractivity contribution is 7.28. The number of aryl methyl sites for hydroxylation is 1. The van der Waals surface area contributed by atoms with Crippen LogP contribution in [0.2, 0.25) is 0 Å². The summed E-state index contributed by atoms with van der Waals surface area (Å²) in [6, 6.07) is 5.22. The van der Waals surface area contributed by atoms with Crippen LogP contribution < -0.4 is 5.30 Å². The summed E-state index contributed by atoms with van der Waals surface area (Å²) in [6.07, 6.45) is 7.17. The van der Waals surface area contributed by atoms with Gasteiger partial charge in [-0.05, 0) is 17.4 Å². The van der Waals surface area contributed by atoms with Crippen molar-refractivity contribution < 1.29 is 13.6 Å². The number of H-pyrrole nitrogens is 1. The highest BCUT2D eigenvalue weighted by atomic mass is 31.0. The molecule has 13 heteroatoms. The lowest BCUT2D eigenvalue weighted by Crippen LogP contribution is -2.41. The third-order valence-electron chi connectivity index (χ3n) is 6.16. The van der Waals surface area contributed by atoms with Crippen molar-refractivity contribution in [2.75, 3.05) is 6.54 Å². The number of aromatic nitrogens is 7. The van der Waals surface area contributed by atoms with Crippen LogP contribution in [0.5, 0.6) is 0 Å². The number of hydrogen-bond donors (Lipinski definition) is 1. The number of hydrogen-bond acceptors (Lipinski definition) is 6. The highest BCUT2D eigenvalue weighted by Crippen LogP contribution is 2.37. The number of amides is 1. The smallest absolute Gasteiger partial charge is 0.292 e. The number of pyridine rings is 1. The van der Waals surface area contributed by atoms with E-state index in [0.29, 0.717) is 30.0 Å². The summed E-state index contributed by atoms with van der Waals surface area (Å²) in [6.45, 7) is 0.370. The maximum absolute atomic E-state index is 14.6. The minimum atomic E-state index is -1.58. The number of aromatic amines is 1. The van der Waals surface area contributed by atoms with Gasteiger partial charge in [-0.25, -0.2) is 23.9 Å². The number of oxazole rings is 1. The lowest BCUT2D eigenvalue weighted by Gasteiger charge is -2.33. The Morgan fingerprint density at radius 3 is 3.00 bits per heavy atom. The molecule has 10 nitrogen and oxygen atoms in total. The van der Waals surface area contributed by atoms with Crippen molar-refractivity contribution in [3.05, 3.63) is 71.8 Å². The molecule has 1 aliphatic heterocycles. The first kappa shape index (κ1) is 22.1. The molecule has 0 bridgehead atoms. The number of carbonyl (C=O) groups excluding carboxylic acids is 1. The molecule has 178 valence electrons. The number of carbonyl (C=O) groups is 1. The van der Waals surface area contributed by atoms with E-state index in [0.717, 1.165) is 16.5 Å². The van der Waals surface area contributed by atoms with Crippen LogP contribution in [0.3, 0.4) is 0 Å². The van der Waals surface area contributed by atoms with Gasteiger partial charge in [0.25, 0.3) is 5.91 Å². The molecule has 5 aromatic rings. The van der Waals surface area contributed by atoms with Crippen LogP contribution in [0.4, 0.5) is 4.39 Å². The van der Waals surface area contributed by atoms with Crippen LogP contribution in [0.1, 0.15) is 45.3 Å². The Balaban J connectivity index is 1.47. The van der Waals surface area contributed by atoms with Crippen LogP contribution in [0.15, 0.2) is 47.7 Å². The number of nitrogens with one attached hydrogen (secondary N) is 1. The summed E-state index contributed by atoms with van der Waals surface area (Å²) in [5, 5.41) is 5.71. The Hall–Kier alpha value is -3.42. The van der Waals surface area contributed by atoms with E-state index >= 15 is 0 Å². The van der Waals surface area contributed by atoms with Gasteiger partial charge in [0.05, 0.1) is 35.8 Å². The summed E-state index contributed by atoms with van der Waals surface area (Å²) in [7, 11) is 6.50. The van der Waals surface area contributed by atoms with Gasteiger partial charge in [0, 0.05) is 31.9 Å². The van der Waals surface area contributed by atoms with Gasteiger partial charge in [0.15, 0.2) is 5.91 Å². The molecule has 6 heterocycles. The zero-order valence-electron chi connectivity index (χ0n) is 18.6. The molecule has 0 saturated heterocycles. The average molecular weight is 510 g/mol. The molecule has 4 atom stereocenters. The van der Waals surface area contributed by atoms with E-state index in [1.54, 1.807) is 39.9 Å². The van der Waals surface area contributed by atoms with Crippen molar-refractivity contribution in [2.24, 2.45) is 7.05 Å². The minimum Gasteiger partial charge on any atom is -0.429 e. The second-order valence-electron chi connectivity index (χ2n) is 8.30. The molecule has 1 aliphatic rings. The van der Waals surface area contributed by atoms with E-state index in [1.165, 1.54) is 0 Å². The first-order chi connectivity index (χ1) is 16.9. The summed E-state index contributed by atoms with van der Waals surface area (Å²) in [5.41, 5.74) is 3.64. The van der Waals surface area contributed by atoms with Gasteiger partial charge < -0.3 is 18.9 Å². The summed E-state index contributed by atoms with van der Waals surface area (Å²) in [4.78, 5) is 31.6. The number of alkyl halides is 1.